The molecule has 1 saturated heterocycles. The third-order valence-corrected chi connectivity index (χ3v) is 4.06. The Bertz CT molecular complexity index is 228. The molecule has 1 N–H and O–H groups in total. The highest BCUT2D eigenvalue weighted by molar-refractivity contribution is 4.94. The lowest BCUT2D eigenvalue weighted by Crippen LogP contribution is -2.57. The molecule has 0 aromatic heterocycles. The van der Waals surface area contributed by atoms with Crippen LogP contribution in [0.2, 0.25) is 0 Å². The second kappa shape index (κ2) is 6.17. The Morgan fingerprint density at radius 2 is 2.12 bits per heavy atom. The summed E-state index contributed by atoms with van der Waals surface area (Å²) in [5.74, 6) is 0.960. The molecule has 0 radical (unpaired) electrons. The van der Waals surface area contributed by atoms with Gasteiger partial charge in [0.2, 0.25) is 0 Å². The average molecular weight is 240 g/mol. The fourth-order valence-electron chi connectivity index (χ4n) is 2.78. The molecule has 1 aliphatic heterocycles. The predicted molar refractivity (Wildman–Crippen MR) is 71.3 cm³/mol. The summed E-state index contributed by atoms with van der Waals surface area (Å²) in [4.78, 5) is 2.64. The molecule has 3 nitrogen and oxygen atoms in total. The average Bonchev–Trinajstić information content (AvgIpc) is 3.12. The van der Waals surface area contributed by atoms with Gasteiger partial charge in [-0.15, -0.1) is 0 Å². The molecule has 2 fully saturated rings. The lowest BCUT2D eigenvalue weighted by Gasteiger charge is -2.40. The summed E-state index contributed by atoms with van der Waals surface area (Å²) in [5, 5.41) is 3.73. The Hall–Kier alpha value is -0.120. The molecule has 100 valence electrons. The van der Waals surface area contributed by atoms with Gasteiger partial charge in [0.05, 0.1) is 12.7 Å². The number of hydrogen-bond acceptors (Lipinski definition) is 3. The fourth-order valence-corrected chi connectivity index (χ4v) is 2.78. The van der Waals surface area contributed by atoms with Gasteiger partial charge >= 0.3 is 0 Å². The van der Waals surface area contributed by atoms with E-state index in [4.69, 9.17) is 4.74 Å². The highest BCUT2D eigenvalue weighted by Crippen LogP contribution is 2.34. The zero-order valence-electron chi connectivity index (χ0n) is 11.6. The van der Waals surface area contributed by atoms with Crippen LogP contribution in [-0.2, 0) is 4.74 Å². The SMILES string of the molecule is CCC1CNC(C2CC2)CN1CCOC(C)C. The first-order valence-electron chi connectivity index (χ1n) is 7.29. The van der Waals surface area contributed by atoms with Crippen LogP contribution in [0, 0.1) is 5.92 Å². The van der Waals surface area contributed by atoms with Gasteiger partial charge in [0.1, 0.15) is 0 Å². The summed E-state index contributed by atoms with van der Waals surface area (Å²) in [7, 11) is 0. The third kappa shape index (κ3) is 3.94. The molecule has 1 heterocycles. The Labute approximate surface area is 106 Å². The third-order valence-electron chi connectivity index (χ3n) is 4.06. The lowest BCUT2D eigenvalue weighted by atomic mass is 10.0. The largest absolute Gasteiger partial charge is 0.377 e. The van der Waals surface area contributed by atoms with Crippen LogP contribution in [0.15, 0.2) is 0 Å². The highest BCUT2D eigenvalue weighted by atomic mass is 16.5. The zero-order chi connectivity index (χ0) is 12.3. The molecule has 0 aromatic rings. The molecule has 2 atom stereocenters. The fraction of sp³-hybridized carbons (Fsp3) is 1.00. The molecule has 3 heteroatoms. The Morgan fingerprint density at radius 3 is 2.71 bits per heavy atom. The van der Waals surface area contributed by atoms with E-state index >= 15 is 0 Å². The molecule has 0 spiro atoms. The van der Waals surface area contributed by atoms with E-state index in [9.17, 15) is 0 Å². The molecule has 2 rings (SSSR count). The lowest BCUT2D eigenvalue weighted by molar-refractivity contribution is 0.0341. The van der Waals surface area contributed by atoms with Crippen molar-refractivity contribution in [3.8, 4) is 0 Å². The van der Waals surface area contributed by atoms with E-state index in [-0.39, 0.29) is 0 Å². The summed E-state index contributed by atoms with van der Waals surface area (Å²) in [6.45, 7) is 10.9. The van der Waals surface area contributed by atoms with Crippen molar-refractivity contribution in [2.75, 3.05) is 26.2 Å². The van der Waals surface area contributed by atoms with Crippen molar-refractivity contribution >= 4 is 0 Å². The van der Waals surface area contributed by atoms with Crippen LogP contribution in [0.25, 0.3) is 0 Å². The summed E-state index contributed by atoms with van der Waals surface area (Å²) in [6.07, 6.45) is 4.47. The molecule has 17 heavy (non-hydrogen) atoms. The minimum absolute atomic E-state index is 0.359. The first-order chi connectivity index (χ1) is 8.20. The van der Waals surface area contributed by atoms with Crippen LogP contribution in [0.1, 0.15) is 40.0 Å². The van der Waals surface area contributed by atoms with Gasteiger partial charge < -0.3 is 10.1 Å². The summed E-state index contributed by atoms with van der Waals surface area (Å²) < 4.78 is 5.69. The van der Waals surface area contributed by atoms with E-state index in [0.29, 0.717) is 12.1 Å². The number of nitrogens with one attached hydrogen (secondary N) is 1. The predicted octanol–water partition coefficient (Wildman–Crippen LogP) is 1.87. The smallest absolute Gasteiger partial charge is 0.0597 e. The van der Waals surface area contributed by atoms with Gasteiger partial charge in [-0.05, 0) is 39.0 Å². The van der Waals surface area contributed by atoms with Crippen LogP contribution in [0.5, 0.6) is 0 Å². The van der Waals surface area contributed by atoms with Crippen molar-refractivity contribution in [3.63, 3.8) is 0 Å². The number of hydrogen-bond donors (Lipinski definition) is 1. The van der Waals surface area contributed by atoms with Crippen LogP contribution < -0.4 is 5.32 Å². The minimum Gasteiger partial charge on any atom is -0.377 e. The van der Waals surface area contributed by atoms with Gasteiger partial charge in [-0.3, -0.25) is 4.90 Å². The second-order valence-electron chi connectivity index (χ2n) is 5.83. The van der Waals surface area contributed by atoms with E-state index in [1.807, 2.05) is 0 Å². The Balaban J connectivity index is 1.77. The number of nitrogens with zero attached hydrogens (tertiary/aromatic N) is 1. The standard InChI is InChI=1S/C14H28N2O/c1-4-13-9-15-14(12-5-6-12)10-16(13)7-8-17-11(2)3/h11-15H,4-10H2,1-3H3. The Morgan fingerprint density at radius 1 is 1.35 bits per heavy atom. The van der Waals surface area contributed by atoms with Crippen LogP contribution in [0.4, 0.5) is 0 Å². The summed E-state index contributed by atoms with van der Waals surface area (Å²) in [6, 6.07) is 1.46. The van der Waals surface area contributed by atoms with E-state index in [1.165, 1.54) is 32.4 Å². The van der Waals surface area contributed by atoms with Crippen molar-refractivity contribution in [1.29, 1.82) is 0 Å². The van der Waals surface area contributed by atoms with E-state index in [0.717, 1.165) is 25.1 Å². The van der Waals surface area contributed by atoms with Crippen molar-refractivity contribution in [2.24, 2.45) is 5.92 Å². The van der Waals surface area contributed by atoms with E-state index in [1.54, 1.807) is 0 Å². The van der Waals surface area contributed by atoms with E-state index in [2.05, 4.69) is 31.0 Å². The van der Waals surface area contributed by atoms with Gasteiger partial charge in [0, 0.05) is 31.7 Å². The monoisotopic (exact) mass is 240 g/mol. The quantitative estimate of drug-likeness (QED) is 0.767. The first kappa shape index (κ1) is 13.3. The number of rotatable bonds is 6. The van der Waals surface area contributed by atoms with Crippen LogP contribution in [0.3, 0.4) is 0 Å². The summed E-state index contributed by atoms with van der Waals surface area (Å²) >= 11 is 0. The summed E-state index contributed by atoms with van der Waals surface area (Å²) in [5.41, 5.74) is 0. The van der Waals surface area contributed by atoms with Gasteiger partial charge in [-0.25, -0.2) is 0 Å². The highest BCUT2D eigenvalue weighted by Gasteiger charge is 2.36. The molecular formula is C14H28N2O. The van der Waals surface area contributed by atoms with Crippen molar-refractivity contribution in [2.45, 2.75) is 58.2 Å². The Kier molecular flexibility index (Phi) is 4.83. The van der Waals surface area contributed by atoms with Gasteiger partial charge in [-0.2, -0.15) is 0 Å². The molecule has 2 unspecified atom stereocenters. The molecular weight excluding hydrogens is 212 g/mol. The van der Waals surface area contributed by atoms with Crippen LogP contribution >= 0.6 is 0 Å². The zero-order valence-corrected chi connectivity index (χ0v) is 11.6. The maximum Gasteiger partial charge on any atom is 0.0597 e. The van der Waals surface area contributed by atoms with E-state index < -0.39 is 0 Å². The van der Waals surface area contributed by atoms with Crippen molar-refractivity contribution in [1.82, 2.24) is 10.2 Å². The normalized spacial score (nSPS) is 31.1. The van der Waals surface area contributed by atoms with Gasteiger partial charge in [0.25, 0.3) is 0 Å². The van der Waals surface area contributed by atoms with Crippen molar-refractivity contribution < 1.29 is 4.74 Å². The molecule has 0 bridgehead atoms. The maximum absolute atomic E-state index is 5.69. The number of ether oxygens (including phenoxy) is 1. The van der Waals surface area contributed by atoms with Gasteiger partial charge in [0.15, 0.2) is 0 Å². The van der Waals surface area contributed by atoms with Crippen LogP contribution in [-0.4, -0.2) is 49.3 Å². The molecule has 2 aliphatic rings. The molecule has 1 aliphatic carbocycles. The molecule has 0 amide bonds. The van der Waals surface area contributed by atoms with Crippen molar-refractivity contribution in [3.05, 3.63) is 0 Å². The second-order valence-corrected chi connectivity index (χ2v) is 5.83. The topological polar surface area (TPSA) is 24.5 Å². The van der Waals surface area contributed by atoms with Gasteiger partial charge in [-0.1, -0.05) is 6.92 Å². The maximum atomic E-state index is 5.69. The number of piperazine rings is 1. The molecule has 1 saturated carbocycles. The first-order valence-corrected chi connectivity index (χ1v) is 7.29. The minimum atomic E-state index is 0.359. The molecule has 0 aromatic carbocycles.